The number of Topliss-reactive ketones (excluding diaryl/α,β-unsaturated/α-hetero) is 1. The Morgan fingerprint density at radius 2 is 1.95 bits per heavy atom. The van der Waals surface area contributed by atoms with Crippen molar-refractivity contribution >= 4 is 19.6 Å². The highest BCUT2D eigenvalue weighted by Gasteiger charge is 2.48. The third-order valence-corrected chi connectivity index (χ3v) is 5.89. The molecule has 2 aliphatic rings. The summed E-state index contributed by atoms with van der Waals surface area (Å²) >= 11 is 0. The zero-order chi connectivity index (χ0) is 14.4. The summed E-state index contributed by atoms with van der Waals surface area (Å²) in [7, 11) is -1.17. The molecule has 2 rings (SSSR count). The summed E-state index contributed by atoms with van der Waals surface area (Å²) < 4.78 is 0. The van der Waals surface area contributed by atoms with Crippen LogP contribution in [0.2, 0.25) is 25.7 Å². The van der Waals surface area contributed by atoms with Gasteiger partial charge in [0.05, 0.1) is 0 Å². The number of carbonyl (C=O) groups excluding carboxylic acids is 2. The smallest absolute Gasteiger partial charge is 0.163 e. The van der Waals surface area contributed by atoms with Crippen LogP contribution in [-0.4, -0.2) is 19.6 Å². The molecule has 3 heteroatoms. The standard InChI is InChI=1S/C16H24O2Si/c1-11-8-14(17)16(2)9-12(10-19(3,4)5)6-7-13(16)15(11)18/h6,8,13H,7,9-10H2,1-5H3/t13-,16-/m1/s1. The predicted molar refractivity (Wildman–Crippen MR) is 80.8 cm³/mol. The number of carbonyl (C=O) groups is 2. The zero-order valence-electron chi connectivity index (χ0n) is 12.7. The number of allylic oxidation sites excluding steroid dienone is 4. The molecule has 0 fully saturated rings. The second-order valence-electron chi connectivity index (χ2n) is 7.54. The van der Waals surface area contributed by atoms with Gasteiger partial charge < -0.3 is 0 Å². The van der Waals surface area contributed by atoms with Crippen LogP contribution in [0.25, 0.3) is 0 Å². The van der Waals surface area contributed by atoms with Crippen molar-refractivity contribution in [2.45, 2.75) is 52.4 Å². The van der Waals surface area contributed by atoms with E-state index in [-0.39, 0.29) is 17.5 Å². The van der Waals surface area contributed by atoms with Crippen LogP contribution in [0.1, 0.15) is 26.7 Å². The zero-order valence-corrected chi connectivity index (χ0v) is 13.7. The van der Waals surface area contributed by atoms with Crippen LogP contribution in [0.3, 0.4) is 0 Å². The summed E-state index contributed by atoms with van der Waals surface area (Å²) in [6.07, 6.45) is 5.31. The first-order valence-electron chi connectivity index (χ1n) is 7.08. The van der Waals surface area contributed by atoms with Gasteiger partial charge >= 0.3 is 0 Å². The first kappa shape index (κ1) is 14.4. The first-order chi connectivity index (χ1) is 8.63. The Morgan fingerprint density at radius 1 is 1.32 bits per heavy atom. The van der Waals surface area contributed by atoms with E-state index in [2.05, 4.69) is 25.7 Å². The molecular weight excluding hydrogens is 252 g/mol. The minimum atomic E-state index is -1.17. The third kappa shape index (κ3) is 2.66. The highest BCUT2D eigenvalue weighted by atomic mass is 28.3. The van der Waals surface area contributed by atoms with Crippen LogP contribution in [-0.2, 0) is 9.59 Å². The molecule has 0 aromatic carbocycles. The topological polar surface area (TPSA) is 34.1 Å². The summed E-state index contributed by atoms with van der Waals surface area (Å²) in [5, 5.41) is 0. The Labute approximate surface area is 117 Å². The quantitative estimate of drug-likeness (QED) is 0.568. The molecule has 2 aliphatic carbocycles. The highest BCUT2D eigenvalue weighted by Crippen LogP contribution is 2.47. The van der Waals surface area contributed by atoms with Gasteiger partial charge in [0.15, 0.2) is 11.6 Å². The molecule has 0 bridgehead atoms. The SMILES string of the molecule is CC1=CC(=O)[C@]2(C)CC(C[Si](C)(C)C)=CC[C@@H]2C1=O. The van der Waals surface area contributed by atoms with Crippen LogP contribution in [0, 0.1) is 11.3 Å². The molecule has 0 heterocycles. The van der Waals surface area contributed by atoms with E-state index in [1.54, 1.807) is 13.0 Å². The Kier molecular flexibility index (Phi) is 3.46. The number of fused-ring (bicyclic) bond motifs is 1. The van der Waals surface area contributed by atoms with Crippen molar-refractivity contribution in [3.8, 4) is 0 Å². The van der Waals surface area contributed by atoms with E-state index in [4.69, 9.17) is 0 Å². The van der Waals surface area contributed by atoms with E-state index in [0.29, 0.717) is 5.57 Å². The van der Waals surface area contributed by atoms with Crippen molar-refractivity contribution in [2.24, 2.45) is 11.3 Å². The lowest BCUT2D eigenvalue weighted by Gasteiger charge is -2.42. The van der Waals surface area contributed by atoms with Crippen molar-refractivity contribution < 1.29 is 9.59 Å². The Morgan fingerprint density at radius 3 is 2.53 bits per heavy atom. The van der Waals surface area contributed by atoms with Gasteiger partial charge in [-0.2, -0.15) is 0 Å². The van der Waals surface area contributed by atoms with Gasteiger partial charge in [0, 0.05) is 19.4 Å². The largest absolute Gasteiger partial charge is 0.294 e. The number of ketones is 2. The monoisotopic (exact) mass is 276 g/mol. The minimum Gasteiger partial charge on any atom is -0.294 e. The average molecular weight is 276 g/mol. The van der Waals surface area contributed by atoms with Gasteiger partial charge in [-0.3, -0.25) is 9.59 Å². The van der Waals surface area contributed by atoms with Crippen LogP contribution in [0.5, 0.6) is 0 Å². The van der Waals surface area contributed by atoms with Gasteiger partial charge in [-0.25, -0.2) is 0 Å². The van der Waals surface area contributed by atoms with Crippen LogP contribution in [0.4, 0.5) is 0 Å². The molecule has 0 amide bonds. The molecule has 0 saturated heterocycles. The molecule has 0 spiro atoms. The Hall–Kier alpha value is -0.963. The molecule has 0 N–H and O–H groups in total. The van der Waals surface area contributed by atoms with E-state index in [0.717, 1.165) is 18.9 Å². The Bertz CT molecular complexity index is 493. The molecule has 0 aliphatic heterocycles. The lowest BCUT2D eigenvalue weighted by molar-refractivity contribution is -0.136. The van der Waals surface area contributed by atoms with Gasteiger partial charge in [0.25, 0.3) is 0 Å². The molecule has 0 unspecified atom stereocenters. The van der Waals surface area contributed by atoms with Gasteiger partial charge in [0.1, 0.15) is 0 Å². The molecular formula is C16H24O2Si. The fourth-order valence-corrected chi connectivity index (χ4v) is 5.02. The maximum absolute atomic E-state index is 12.4. The molecule has 0 aromatic rings. The summed E-state index contributed by atoms with van der Waals surface area (Å²) in [4.78, 5) is 24.6. The maximum Gasteiger partial charge on any atom is 0.163 e. The van der Waals surface area contributed by atoms with Crippen LogP contribution < -0.4 is 0 Å². The highest BCUT2D eigenvalue weighted by molar-refractivity contribution is 6.76. The lowest BCUT2D eigenvalue weighted by Crippen LogP contribution is -2.45. The average Bonchev–Trinajstić information content (AvgIpc) is 2.24. The van der Waals surface area contributed by atoms with Crippen LogP contribution >= 0.6 is 0 Å². The normalized spacial score (nSPS) is 31.7. The fraction of sp³-hybridized carbons (Fsp3) is 0.625. The predicted octanol–water partition coefficient (Wildman–Crippen LogP) is 3.77. The van der Waals surface area contributed by atoms with Crippen molar-refractivity contribution in [3.63, 3.8) is 0 Å². The number of hydrogen-bond acceptors (Lipinski definition) is 2. The molecule has 104 valence electrons. The summed E-state index contributed by atoms with van der Waals surface area (Å²) in [6, 6.07) is 1.14. The molecule has 2 nitrogen and oxygen atoms in total. The van der Waals surface area contributed by atoms with Gasteiger partial charge in [-0.05, 0) is 37.5 Å². The van der Waals surface area contributed by atoms with Gasteiger partial charge in [-0.1, -0.05) is 38.2 Å². The number of rotatable bonds is 2. The van der Waals surface area contributed by atoms with E-state index in [9.17, 15) is 9.59 Å². The minimum absolute atomic E-state index is 0.129. The third-order valence-electron chi connectivity index (χ3n) is 4.38. The van der Waals surface area contributed by atoms with E-state index < -0.39 is 13.5 Å². The summed E-state index contributed by atoms with van der Waals surface area (Å²) in [5.41, 5.74) is 1.54. The first-order valence-corrected chi connectivity index (χ1v) is 10.8. The number of hydrogen-bond donors (Lipinski definition) is 0. The second kappa shape index (κ2) is 4.55. The molecule has 0 saturated carbocycles. The Balaban J connectivity index is 2.30. The van der Waals surface area contributed by atoms with Gasteiger partial charge in [0.2, 0.25) is 0 Å². The summed E-state index contributed by atoms with van der Waals surface area (Å²) in [6.45, 7) is 10.8. The van der Waals surface area contributed by atoms with Crippen molar-refractivity contribution in [1.29, 1.82) is 0 Å². The molecule has 2 atom stereocenters. The van der Waals surface area contributed by atoms with E-state index in [1.807, 2.05) is 6.92 Å². The maximum atomic E-state index is 12.4. The summed E-state index contributed by atoms with van der Waals surface area (Å²) in [5.74, 6) is 0.191. The van der Waals surface area contributed by atoms with Crippen molar-refractivity contribution in [2.75, 3.05) is 0 Å². The van der Waals surface area contributed by atoms with Crippen molar-refractivity contribution in [1.82, 2.24) is 0 Å². The molecule has 0 aromatic heterocycles. The van der Waals surface area contributed by atoms with Gasteiger partial charge in [-0.15, -0.1) is 0 Å². The van der Waals surface area contributed by atoms with E-state index >= 15 is 0 Å². The van der Waals surface area contributed by atoms with Crippen LogP contribution in [0.15, 0.2) is 23.3 Å². The fourth-order valence-electron chi connectivity index (χ4n) is 3.39. The second-order valence-corrected chi connectivity index (χ2v) is 13.0. The van der Waals surface area contributed by atoms with Crippen molar-refractivity contribution in [3.05, 3.63) is 23.3 Å². The molecule has 0 radical (unpaired) electrons. The molecule has 19 heavy (non-hydrogen) atoms. The van der Waals surface area contributed by atoms with E-state index in [1.165, 1.54) is 5.57 Å². The lowest BCUT2D eigenvalue weighted by atomic mass is 9.60.